The minimum Gasteiger partial charge on any atom is -0.496 e. The normalized spacial score (nSPS) is 13.2. The maximum absolute atomic E-state index is 13.6. The van der Waals surface area contributed by atoms with Crippen LogP contribution in [0.2, 0.25) is 0 Å². The molecule has 0 saturated carbocycles. The Bertz CT molecular complexity index is 1330. The third-order valence-corrected chi connectivity index (χ3v) is 6.60. The summed E-state index contributed by atoms with van der Waals surface area (Å²) in [7, 11) is 3.49. The predicted octanol–water partition coefficient (Wildman–Crippen LogP) is 4.25. The minimum absolute atomic E-state index is 0.0230. The van der Waals surface area contributed by atoms with Crippen LogP contribution in [0.15, 0.2) is 42.5 Å². The van der Waals surface area contributed by atoms with Gasteiger partial charge in [0.2, 0.25) is 0 Å². The largest absolute Gasteiger partial charge is 0.496 e. The number of amides is 2. The number of fused-ring (bicyclic) bond motifs is 2. The molecule has 35 heavy (non-hydrogen) atoms. The number of imide groups is 1. The van der Waals surface area contributed by atoms with E-state index < -0.39 is 0 Å². The third kappa shape index (κ3) is 4.95. The fourth-order valence-electron chi connectivity index (χ4n) is 4.68. The van der Waals surface area contributed by atoms with Crippen LogP contribution in [0.25, 0.3) is 21.5 Å². The fraction of sp³-hybridized carbons (Fsp3) is 0.357. The van der Waals surface area contributed by atoms with Crippen LogP contribution in [0, 0.1) is 0 Å². The van der Waals surface area contributed by atoms with Gasteiger partial charge >= 0.3 is 0 Å². The molecule has 1 aliphatic heterocycles. The second-order valence-corrected chi connectivity index (χ2v) is 9.12. The number of carbonyl (C=O) groups excluding carboxylic acids is 4. The maximum Gasteiger partial charge on any atom is 0.262 e. The molecule has 182 valence electrons. The topological polar surface area (TPSA) is 84.0 Å². The van der Waals surface area contributed by atoms with Gasteiger partial charge in [-0.1, -0.05) is 24.3 Å². The summed E-state index contributed by atoms with van der Waals surface area (Å²) in [5.74, 6) is 0.128. The Morgan fingerprint density at radius 3 is 2.46 bits per heavy atom. The van der Waals surface area contributed by atoms with Crippen LogP contribution in [-0.2, 0) is 9.59 Å². The number of ketones is 2. The maximum atomic E-state index is 13.6. The second kappa shape index (κ2) is 10.4. The van der Waals surface area contributed by atoms with Crippen LogP contribution in [0.4, 0.5) is 0 Å². The van der Waals surface area contributed by atoms with E-state index in [2.05, 4.69) is 0 Å². The first-order chi connectivity index (χ1) is 16.8. The third-order valence-electron chi connectivity index (χ3n) is 6.60. The first-order valence-electron chi connectivity index (χ1n) is 11.9. The molecule has 0 atom stereocenters. The van der Waals surface area contributed by atoms with Crippen molar-refractivity contribution < 1.29 is 23.9 Å². The molecule has 1 aliphatic rings. The molecule has 2 amide bonds. The Hall–Kier alpha value is -3.58. The Morgan fingerprint density at radius 2 is 1.71 bits per heavy atom. The van der Waals surface area contributed by atoms with Crippen LogP contribution in [0.3, 0.4) is 0 Å². The molecule has 4 rings (SSSR count). The molecule has 7 nitrogen and oxygen atoms in total. The van der Waals surface area contributed by atoms with Crippen molar-refractivity contribution in [3.8, 4) is 5.75 Å². The molecule has 0 N–H and O–H groups in total. The van der Waals surface area contributed by atoms with Gasteiger partial charge in [0, 0.05) is 48.7 Å². The van der Waals surface area contributed by atoms with E-state index in [-0.39, 0.29) is 29.9 Å². The fourth-order valence-corrected chi connectivity index (χ4v) is 4.68. The van der Waals surface area contributed by atoms with Crippen molar-refractivity contribution in [3.63, 3.8) is 0 Å². The first kappa shape index (κ1) is 24.5. The van der Waals surface area contributed by atoms with E-state index in [1.54, 1.807) is 19.2 Å². The Balaban J connectivity index is 1.51. The molecule has 0 spiro atoms. The Labute approximate surface area is 204 Å². The SMILES string of the molecule is COc1ccc2c3c(c4ccccc4cc13)C(=O)N(CCN(C)CCCC(=O)CCC(C)=O)C2=O. The number of rotatable bonds is 11. The number of hydrogen-bond donors (Lipinski definition) is 0. The van der Waals surface area contributed by atoms with Crippen molar-refractivity contribution in [1.82, 2.24) is 9.80 Å². The van der Waals surface area contributed by atoms with Gasteiger partial charge in [-0.3, -0.25) is 19.3 Å². The standard InChI is InChI=1S/C28H30N2O5/c1-18(31)10-11-20(32)8-6-14-29(2)15-16-30-27(33)22-12-13-24(35-3)23-17-19-7-4-5-9-21(19)26(25(22)23)28(30)34/h4-5,7,9,12-13,17H,6,8,10-11,14-16H2,1-3H3. The summed E-state index contributed by atoms with van der Waals surface area (Å²) in [6.45, 7) is 2.90. The van der Waals surface area contributed by atoms with Crippen LogP contribution in [0.5, 0.6) is 5.75 Å². The monoisotopic (exact) mass is 474 g/mol. The molecule has 0 radical (unpaired) electrons. The zero-order chi connectivity index (χ0) is 25.1. The second-order valence-electron chi connectivity index (χ2n) is 9.12. The zero-order valence-electron chi connectivity index (χ0n) is 20.4. The molecule has 1 heterocycles. The lowest BCUT2D eigenvalue weighted by atomic mass is 9.89. The van der Waals surface area contributed by atoms with E-state index in [1.165, 1.54) is 11.8 Å². The molecule has 0 aliphatic carbocycles. The van der Waals surface area contributed by atoms with E-state index >= 15 is 0 Å². The summed E-state index contributed by atoms with van der Waals surface area (Å²) >= 11 is 0. The van der Waals surface area contributed by atoms with Gasteiger partial charge in [0.15, 0.2) is 0 Å². The van der Waals surface area contributed by atoms with Gasteiger partial charge in [-0.2, -0.15) is 0 Å². The summed E-state index contributed by atoms with van der Waals surface area (Å²) in [5, 5.41) is 3.13. The number of nitrogens with zero attached hydrogens (tertiary/aromatic N) is 2. The number of Topliss-reactive ketones (excluding diaryl/α,β-unsaturated/α-hetero) is 2. The van der Waals surface area contributed by atoms with Crippen molar-refractivity contribution >= 4 is 44.9 Å². The van der Waals surface area contributed by atoms with Gasteiger partial charge < -0.3 is 14.4 Å². The quantitative estimate of drug-likeness (QED) is 0.305. The highest BCUT2D eigenvalue weighted by Crippen LogP contribution is 2.39. The zero-order valence-corrected chi connectivity index (χ0v) is 20.4. The Kier molecular flexibility index (Phi) is 7.26. The molecule has 0 fully saturated rings. The van der Waals surface area contributed by atoms with Crippen LogP contribution in [-0.4, -0.2) is 67.0 Å². The lowest BCUT2D eigenvalue weighted by Crippen LogP contribution is -2.44. The number of methoxy groups -OCH3 is 1. The molecule has 0 bridgehead atoms. The minimum atomic E-state index is -0.307. The molecule has 0 saturated heterocycles. The lowest BCUT2D eigenvalue weighted by Gasteiger charge is -2.30. The number of ether oxygens (including phenoxy) is 1. The van der Waals surface area contributed by atoms with Gasteiger partial charge in [0.05, 0.1) is 12.7 Å². The number of likely N-dealkylation sites (N-methyl/N-ethyl adjacent to an activating group) is 1. The van der Waals surface area contributed by atoms with Crippen molar-refractivity contribution in [2.75, 3.05) is 33.8 Å². The van der Waals surface area contributed by atoms with Crippen molar-refractivity contribution in [2.24, 2.45) is 0 Å². The number of benzene rings is 3. The van der Waals surface area contributed by atoms with E-state index in [9.17, 15) is 19.2 Å². The van der Waals surface area contributed by atoms with Crippen molar-refractivity contribution in [3.05, 3.63) is 53.6 Å². The molecule has 3 aromatic rings. The highest BCUT2D eigenvalue weighted by Gasteiger charge is 2.35. The highest BCUT2D eigenvalue weighted by molar-refractivity contribution is 6.31. The van der Waals surface area contributed by atoms with Crippen LogP contribution in [0.1, 0.15) is 53.3 Å². The van der Waals surface area contributed by atoms with E-state index in [1.807, 2.05) is 42.3 Å². The summed E-state index contributed by atoms with van der Waals surface area (Å²) in [4.78, 5) is 53.3. The average molecular weight is 475 g/mol. The van der Waals surface area contributed by atoms with Gasteiger partial charge in [0.25, 0.3) is 11.8 Å². The molecular weight excluding hydrogens is 444 g/mol. The summed E-state index contributed by atoms with van der Waals surface area (Å²) < 4.78 is 5.53. The van der Waals surface area contributed by atoms with Gasteiger partial charge in [0.1, 0.15) is 17.3 Å². The summed E-state index contributed by atoms with van der Waals surface area (Å²) in [6, 6.07) is 13.2. The molecular formula is C28H30N2O5. The molecule has 0 aromatic heterocycles. The van der Waals surface area contributed by atoms with Crippen molar-refractivity contribution in [1.29, 1.82) is 0 Å². The number of carbonyl (C=O) groups is 4. The number of hydrogen-bond acceptors (Lipinski definition) is 6. The van der Waals surface area contributed by atoms with E-state index in [4.69, 9.17) is 4.74 Å². The first-order valence-corrected chi connectivity index (χ1v) is 11.9. The van der Waals surface area contributed by atoms with Crippen LogP contribution < -0.4 is 4.74 Å². The molecule has 0 unspecified atom stereocenters. The smallest absolute Gasteiger partial charge is 0.262 e. The van der Waals surface area contributed by atoms with E-state index in [0.717, 1.165) is 16.2 Å². The van der Waals surface area contributed by atoms with Gasteiger partial charge in [-0.25, -0.2) is 0 Å². The van der Waals surface area contributed by atoms with Gasteiger partial charge in [-0.15, -0.1) is 0 Å². The Morgan fingerprint density at radius 1 is 0.943 bits per heavy atom. The predicted molar refractivity (Wildman–Crippen MR) is 135 cm³/mol. The van der Waals surface area contributed by atoms with E-state index in [0.29, 0.717) is 61.0 Å². The summed E-state index contributed by atoms with van der Waals surface area (Å²) in [6.07, 6.45) is 1.67. The molecule has 7 heteroatoms. The lowest BCUT2D eigenvalue weighted by molar-refractivity contribution is -0.123. The highest BCUT2D eigenvalue weighted by atomic mass is 16.5. The molecule has 3 aromatic carbocycles. The van der Waals surface area contributed by atoms with Gasteiger partial charge in [-0.05, 0) is 55.9 Å². The van der Waals surface area contributed by atoms with Crippen molar-refractivity contribution in [2.45, 2.75) is 32.6 Å². The summed E-state index contributed by atoms with van der Waals surface area (Å²) in [5.41, 5.74) is 1.03. The van der Waals surface area contributed by atoms with Crippen LogP contribution >= 0.6 is 0 Å². The average Bonchev–Trinajstić information content (AvgIpc) is 2.84.